The van der Waals surface area contributed by atoms with Crippen molar-refractivity contribution < 1.29 is 13.6 Å². The van der Waals surface area contributed by atoms with E-state index in [0.717, 1.165) is 25.9 Å². The van der Waals surface area contributed by atoms with Gasteiger partial charge in [-0.2, -0.15) is 0 Å². The Bertz CT molecular complexity index is 397. The Balaban J connectivity index is 1.67. The predicted octanol–water partition coefficient (Wildman–Crippen LogP) is 2.51. The third-order valence-electron chi connectivity index (χ3n) is 5.12. The number of fused-ring (bicyclic) bond motifs is 2. The molecule has 2 heterocycles. The minimum atomic E-state index is -2.60. The largest absolute Gasteiger partial charge is 0.334 e. The first-order valence-electron chi connectivity index (χ1n) is 7.62. The van der Waals surface area contributed by atoms with Gasteiger partial charge in [-0.15, -0.1) is 0 Å². The number of carbonyl (C=O) groups is 1. The number of nitrogens with zero attached hydrogens (tertiary/aromatic N) is 2. The molecule has 114 valence electrons. The van der Waals surface area contributed by atoms with Gasteiger partial charge in [0.25, 0.3) is 0 Å². The van der Waals surface area contributed by atoms with Crippen LogP contribution in [0.3, 0.4) is 0 Å². The molecule has 1 aliphatic carbocycles. The summed E-state index contributed by atoms with van der Waals surface area (Å²) in [5, 5.41) is 0. The minimum absolute atomic E-state index is 0.0167. The quantitative estimate of drug-likeness (QED) is 0.739. The van der Waals surface area contributed by atoms with Crippen LogP contribution in [0.15, 0.2) is 0 Å². The number of likely N-dealkylation sites (tertiary alicyclic amines) is 1. The molecule has 1 saturated carbocycles. The van der Waals surface area contributed by atoms with Crippen LogP contribution in [-0.2, 0) is 4.79 Å². The average Bonchev–Trinajstić information content (AvgIpc) is 2.53. The first-order valence-corrected chi connectivity index (χ1v) is 7.62. The van der Waals surface area contributed by atoms with E-state index in [1.54, 1.807) is 0 Å². The smallest absolute Gasteiger partial charge is 0.249 e. The molecule has 2 saturated heterocycles. The van der Waals surface area contributed by atoms with Crippen molar-refractivity contribution in [1.29, 1.82) is 0 Å². The third kappa shape index (κ3) is 2.34. The predicted molar refractivity (Wildman–Crippen MR) is 72.7 cm³/mol. The number of hydrogen-bond acceptors (Lipinski definition) is 2. The Labute approximate surface area is 119 Å². The zero-order valence-electron chi connectivity index (χ0n) is 12.5. The van der Waals surface area contributed by atoms with E-state index < -0.39 is 11.8 Å². The third-order valence-corrected chi connectivity index (χ3v) is 5.12. The monoisotopic (exact) mass is 286 g/mol. The van der Waals surface area contributed by atoms with Gasteiger partial charge < -0.3 is 4.90 Å². The van der Waals surface area contributed by atoms with Crippen LogP contribution in [0, 0.1) is 5.92 Å². The second-order valence-corrected chi connectivity index (χ2v) is 7.67. The van der Waals surface area contributed by atoms with Crippen LogP contribution >= 0.6 is 0 Å². The molecule has 5 heteroatoms. The summed E-state index contributed by atoms with van der Waals surface area (Å²) >= 11 is 0. The van der Waals surface area contributed by atoms with Gasteiger partial charge in [-0.05, 0) is 33.6 Å². The zero-order chi connectivity index (χ0) is 14.7. The highest BCUT2D eigenvalue weighted by Gasteiger charge is 2.53. The fourth-order valence-electron chi connectivity index (χ4n) is 3.86. The molecule has 20 heavy (non-hydrogen) atoms. The van der Waals surface area contributed by atoms with Crippen LogP contribution < -0.4 is 0 Å². The maximum Gasteiger partial charge on any atom is 0.249 e. The summed E-state index contributed by atoms with van der Waals surface area (Å²) in [6.07, 6.45) is 1.55. The minimum Gasteiger partial charge on any atom is -0.334 e. The van der Waals surface area contributed by atoms with Gasteiger partial charge in [0.2, 0.25) is 11.8 Å². The molecular weight excluding hydrogens is 262 g/mol. The molecule has 0 spiro atoms. The Morgan fingerprint density at radius 3 is 2.00 bits per heavy atom. The second kappa shape index (κ2) is 4.39. The van der Waals surface area contributed by atoms with Gasteiger partial charge in [-0.1, -0.05) is 0 Å². The first-order chi connectivity index (χ1) is 9.17. The number of alkyl halides is 2. The van der Waals surface area contributed by atoms with Gasteiger partial charge in [-0.25, -0.2) is 8.78 Å². The highest BCUT2D eigenvalue weighted by molar-refractivity contribution is 5.81. The van der Waals surface area contributed by atoms with E-state index >= 15 is 0 Å². The number of hydrogen-bond donors (Lipinski definition) is 0. The maximum atomic E-state index is 13.0. The van der Waals surface area contributed by atoms with E-state index in [2.05, 4.69) is 25.7 Å². The lowest BCUT2D eigenvalue weighted by atomic mass is 9.80. The van der Waals surface area contributed by atoms with E-state index in [1.165, 1.54) is 0 Å². The average molecular weight is 286 g/mol. The van der Waals surface area contributed by atoms with Gasteiger partial charge in [-0.3, -0.25) is 9.69 Å². The van der Waals surface area contributed by atoms with Crippen LogP contribution in [0.5, 0.6) is 0 Å². The molecule has 0 aromatic heterocycles. The zero-order valence-corrected chi connectivity index (χ0v) is 12.5. The Kier molecular flexibility index (Phi) is 3.13. The van der Waals surface area contributed by atoms with E-state index in [0.29, 0.717) is 0 Å². The molecule has 0 radical (unpaired) electrons. The number of piperazine rings is 1. The molecule has 2 bridgehead atoms. The van der Waals surface area contributed by atoms with Crippen LogP contribution in [0.25, 0.3) is 0 Å². The topological polar surface area (TPSA) is 23.6 Å². The van der Waals surface area contributed by atoms with E-state index in [9.17, 15) is 13.6 Å². The highest BCUT2D eigenvalue weighted by atomic mass is 19.3. The lowest BCUT2D eigenvalue weighted by Crippen LogP contribution is -2.62. The van der Waals surface area contributed by atoms with Crippen molar-refractivity contribution in [3.63, 3.8) is 0 Å². The van der Waals surface area contributed by atoms with Crippen molar-refractivity contribution in [3.8, 4) is 0 Å². The molecule has 1 amide bonds. The summed E-state index contributed by atoms with van der Waals surface area (Å²) in [6.45, 7) is 8.34. The molecular formula is C15H24F2N2O. The van der Waals surface area contributed by atoms with Crippen LogP contribution in [0.2, 0.25) is 0 Å². The maximum absolute atomic E-state index is 13.0. The molecule has 3 rings (SSSR count). The fourth-order valence-corrected chi connectivity index (χ4v) is 3.86. The van der Waals surface area contributed by atoms with Crippen LogP contribution in [0.4, 0.5) is 8.78 Å². The van der Waals surface area contributed by atoms with Crippen LogP contribution in [-0.4, -0.2) is 52.3 Å². The molecule has 0 aromatic rings. The summed E-state index contributed by atoms with van der Waals surface area (Å²) in [5.74, 6) is -3.06. The van der Waals surface area contributed by atoms with Crippen LogP contribution in [0.1, 0.15) is 46.5 Å². The molecule has 2 aliphatic heterocycles. The Morgan fingerprint density at radius 1 is 1.10 bits per heavy atom. The van der Waals surface area contributed by atoms with E-state index in [4.69, 9.17) is 0 Å². The summed E-state index contributed by atoms with van der Waals surface area (Å²) in [7, 11) is 0. The van der Waals surface area contributed by atoms with E-state index in [-0.39, 0.29) is 36.4 Å². The van der Waals surface area contributed by atoms with Gasteiger partial charge in [0.1, 0.15) is 0 Å². The highest BCUT2D eigenvalue weighted by Crippen LogP contribution is 2.45. The molecule has 2 atom stereocenters. The van der Waals surface area contributed by atoms with E-state index in [1.807, 2.05) is 4.90 Å². The molecule has 2 unspecified atom stereocenters. The molecule has 3 aliphatic rings. The van der Waals surface area contributed by atoms with Crippen molar-refractivity contribution in [2.75, 3.05) is 13.1 Å². The van der Waals surface area contributed by atoms with Crippen molar-refractivity contribution in [3.05, 3.63) is 0 Å². The van der Waals surface area contributed by atoms with Gasteiger partial charge >= 0.3 is 0 Å². The number of halogens is 2. The summed E-state index contributed by atoms with van der Waals surface area (Å²) in [6, 6.07) is 0.462. The Morgan fingerprint density at radius 2 is 1.60 bits per heavy atom. The lowest BCUT2D eigenvalue weighted by Gasteiger charge is -2.48. The fraction of sp³-hybridized carbons (Fsp3) is 0.933. The summed E-state index contributed by atoms with van der Waals surface area (Å²) in [4.78, 5) is 16.8. The van der Waals surface area contributed by atoms with Crippen molar-refractivity contribution in [2.45, 2.75) is 70.0 Å². The van der Waals surface area contributed by atoms with Gasteiger partial charge in [0, 0.05) is 49.5 Å². The number of amides is 1. The molecule has 3 fully saturated rings. The van der Waals surface area contributed by atoms with Gasteiger partial charge in [0.05, 0.1) is 0 Å². The Hall–Kier alpha value is -0.710. The molecule has 0 aromatic carbocycles. The van der Waals surface area contributed by atoms with Crippen molar-refractivity contribution >= 4 is 5.91 Å². The van der Waals surface area contributed by atoms with Crippen molar-refractivity contribution in [1.82, 2.24) is 9.80 Å². The van der Waals surface area contributed by atoms with Crippen molar-refractivity contribution in [2.24, 2.45) is 5.92 Å². The number of rotatable bonds is 1. The summed E-state index contributed by atoms with van der Waals surface area (Å²) < 4.78 is 25.9. The SMILES string of the molecule is CC(C)(C)N1CC2CCC(C1)N2C(=O)C1CC(F)(F)C1. The second-order valence-electron chi connectivity index (χ2n) is 7.67. The number of carbonyl (C=O) groups excluding carboxylic acids is 1. The van der Waals surface area contributed by atoms with Gasteiger partial charge in [0.15, 0.2) is 0 Å². The normalized spacial score (nSPS) is 34.1. The summed E-state index contributed by atoms with van der Waals surface area (Å²) in [5.41, 5.74) is 0.111. The molecule has 3 nitrogen and oxygen atoms in total. The first kappa shape index (κ1) is 14.2. The lowest BCUT2D eigenvalue weighted by molar-refractivity contribution is -0.165. The molecule has 0 N–H and O–H groups in total. The standard InChI is InChI=1S/C15H24F2N2O/c1-14(2,3)18-8-11-4-5-12(9-18)19(11)13(20)10-6-15(16,17)7-10/h10-12H,4-9H2,1-3H3.